The van der Waals surface area contributed by atoms with Gasteiger partial charge in [0.25, 0.3) is 0 Å². The molecule has 0 N–H and O–H groups in total. The second-order valence-corrected chi connectivity index (χ2v) is 8.03. The van der Waals surface area contributed by atoms with Gasteiger partial charge in [-0.3, -0.25) is 0 Å². The number of rotatable bonds is 4. The van der Waals surface area contributed by atoms with Crippen LogP contribution in [-0.2, 0) is 6.54 Å². The molecule has 1 aliphatic heterocycles. The number of aromatic nitrogens is 1. The number of fused-ring (bicyclic) bond motifs is 1. The van der Waals surface area contributed by atoms with Gasteiger partial charge in [-0.05, 0) is 53.4 Å². The quantitative estimate of drug-likeness (QED) is 0.450. The van der Waals surface area contributed by atoms with Crippen molar-refractivity contribution in [2.24, 2.45) is 4.99 Å². The Kier molecular flexibility index (Phi) is 4.46. The van der Waals surface area contributed by atoms with Crippen LogP contribution in [-0.4, -0.2) is 11.4 Å². The number of benzene rings is 2. The summed E-state index contributed by atoms with van der Waals surface area (Å²) in [5.74, 6) is 1.27. The average molecular weight is 410 g/mol. The average Bonchev–Trinajstić information content (AvgIpc) is 3.45. The molecule has 3 heterocycles. The van der Waals surface area contributed by atoms with Gasteiger partial charge in [0, 0.05) is 5.38 Å². The molecule has 0 bridgehead atoms. The lowest BCUT2D eigenvalue weighted by atomic mass is 10.2. The topological polar surface area (TPSA) is 35.8 Å². The lowest BCUT2D eigenvalue weighted by Crippen LogP contribution is -2.16. The second kappa shape index (κ2) is 7.26. The summed E-state index contributed by atoms with van der Waals surface area (Å²) in [7, 11) is 0. The molecule has 0 radical (unpaired) electrons. The van der Waals surface area contributed by atoms with Gasteiger partial charge in [0.2, 0.25) is 6.79 Å². The van der Waals surface area contributed by atoms with Crippen LogP contribution in [0.25, 0.3) is 10.6 Å². The van der Waals surface area contributed by atoms with E-state index in [4.69, 9.17) is 14.5 Å². The molecule has 0 atom stereocenters. The van der Waals surface area contributed by atoms with Gasteiger partial charge in [-0.15, -0.1) is 22.7 Å². The molecule has 0 amide bonds. The van der Waals surface area contributed by atoms with Crippen molar-refractivity contribution >= 4 is 28.4 Å². The smallest absolute Gasteiger partial charge is 0.231 e. The van der Waals surface area contributed by atoms with Crippen molar-refractivity contribution in [2.45, 2.75) is 6.54 Å². The van der Waals surface area contributed by atoms with Gasteiger partial charge in [0.15, 0.2) is 16.3 Å². The third kappa shape index (κ3) is 3.34. The SMILES string of the molecule is Fc1ccc(N=c2scc(-c3cccs3)n2Cc2ccc3c(c2)OCO3)cc1. The number of hydrogen-bond donors (Lipinski definition) is 0. The van der Waals surface area contributed by atoms with Crippen molar-refractivity contribution in [3.05, 3.63) is 81.5 Å². The van der Waals surface area contributed by atoms with Gasteiger partial charge >= 0.3 is 0 Å². The first-order valence-electron chi connectivity index (χ1n) is 8.67. The third-order valence-corrected chi connectivity index (χ3v) is 6.16. The molecule has 5 rings (SSSR count). The van der Waals surface area contributed by atoms with Crippen molar-refractivity contribution in [2.75, 3.05) is 6.79 Å². The Hall–Kier alpha value is -2.90. The molecule has 28 heavy (non-hydrogen) atoms. The van der Waals surface area contributed by atoms with E-state index in [1.165, 1.54) is 17.0 Å². The third-order valence-electron chi connectivity index (χ3n) is 4.40. The fraction of sp³-hybridized carbons (Fsp3) is 0.0952. The summed E-state index contributed by atoms with van der Waals surface area (Å²) in [6.07, 6.45) is 0. The van der Waals surface area contributed by atoms with Crippen molar-refractivity contribution in [1.82, 2.24) is 4.57 Å². The van der Waals surface area contributed by atoms with Crippen molar-refractivity contribution in [3.8, 4) is 22.1 Å². The molecule has 1 aliphatic rings. The molecule has 4 aromatic rings. The van der Waals surface area contributed by atoms with E-state index in [2.05, 4.69) is 21.4 Å². The number of thiazole rings is 1. The van der Waals surface area contributed by atoms with Gasteiger partial charge in [0.05, 0.1) is 22.8 Å². The molecule has 0 fully saturated rings. The van der Waals surface area contributed by atoms with Crippen LogP contribution in [0, 0.1) is 5.82 Å². The normalized spacial score (nSPS) is 13.2. The van der Waals surface area contributed by atoms with E-state index in [9.17, 15) is 4.39 Å². The van der Waals surface area contributed by atoms with Crippen molar-refractivity contribution < 1.29 is 13.9 Å². The highest BCUT2D eigenvalue weighted by molar-refractivity contribution is 7.14. The molecule has 7 heteroatoms. The summed E-state index contributed by atoms with van der Waals surface area (Å²) >= 11 is 3.26. The zero-order valence-corrected chi connectivity index (χ0v) is 16.3. The first-order valence-corrected chi connectivity index (χ1v) is 10.4. The van der Waals surface area contributed by atoms with E-state index in [1.807, 2.05) is 24.3 Å². The number of halogens is 1. The fourth-order valence-electron chi connectivity index (χ4n) is 3.04. The summed E-state index contributed by atoms with van der Waals surface area (Å²) < 4.78 is 26.3. The first-order chi connectivity index (χ1) is 13.8. The Morgan fingerprint density at radius 1 is 1.00 bits per heavy atom. The molecule has 2 aromatic carbocycles. The molecule has 0 unspecified atom stereocenters. The van der Waals surface area contributed by atoms with Gasteiger partial charge in [-0.25, -0.2) is 9.38 Å². The van der Waals surface area contributed by atoms with E-state index in [-0.39, 0.29) is 12.6 Å². The van der Waals surface area contributed by atoms with Crippen LogP contribution in [0.15, 0.2) is 70.3 Å². The maximum Gasteiger partial charge on any atom is 0.231 e. The summed E-state index contributed by atoms with van der Waals surface area (Å²) in [4.78, 5) is 6.78. The summed E-state index contributed by atoms with van der Waals surface area (Å²) in [5, 5.41) is 4.18. The van der Waals surface area contributed by atoms with Crippen LogP contribution in [0.5, 0.6) is 11.5 Å². The Balaban J connectivity index is 1.59. The van der Waals surface area contributed by atoms with Gasteiger partial charge in [-0.2, -0.15) is 0 Å². The maximum absolute atomic E-state index is 13.2. The van der Waals surface area contributed by atoms with Crippen LogP contribution < -0.4 is 14.3 Å². The number of thiophene rings is 1. The minimum atomic E-state index is -0.266. The Morgan fingerprint density at radius 3 is 2.68 bits per heavy atom. The van der Waals surface area contributed by atoms with E-state index in [0.29, 0.717) is 6.54 Å². The zero-order valence-electron chi connectivity index (χ0n) is 14.7. The highest BCUT2D eigenvalue weighted by atomic mass is 32.1. The largest absolute Gasteiger partial charge is 0.454 e. The Labute approximate surface area is 168 Å². The van der Waals surface area contributed by atoms with Crippen LogP contribution in [0.4, 0.5) is 10.1 Å². The van der Waals surface area contributed by atoms with Gasteiger partial charge < -0.3 is 14.0 Å². The molecule has 0 saturated heterocycles. The van der Waals surface area contributed by atoms with Gasteiger partial charge in [-0.1, -0.05) is 12.1 Å². The number of hydrogen-bond acceptors (Lipinski definition) is 5. The van der Waals surface area contributed by atoms with Crippen molar-refractivity contribution in [1.29, 1.82) is 0 Å². The molecule has 0 aliphatic carbocycles. The standard InChI is InChI=1S/C21H15FN2O2S2/c22-15-4-6-16(7-5-15)23-21-24(17(12-28-21)20-2-1-9-27-20)11-14-3-8-18-19(10-14)26-13-25-18/h1-10,12H,11,13H2. The first kappa shape index (κ1) is 17.2. The van der Waals surface area contributed by atoms with E-state index in [0.717, 1.165) is 33.2 Å². The highest BCUT2D eigenvalue weighted by Gasteiger charge is 2.15. The van der Waals surface area contributed by atoms with E-state index in [1.54, 1.807) is 34.8 Å². The monoisotopic (exact) mass is 410 g/mol. The summed E-state index contributed by atoms with van der Waals surface area (Å²) in [6, 6.07) is 16.3. The maximum atomic E-state index is 13.2. The molecular formula is C21H15FN2O2S2. The van der Waals surface area contributed by atoms with E-state index < -0.39 is 0 Å². The molecule has 140 valence electrons. The zero-order chi connectivity index (χ0) is 18.9. The second-order valence-electron chi connectivity index (χ2n) is 6.24. The van der Waals surface area contributed by atoms with Gasteiger partial charge in [0.1, 0.15) is 5.82 Å². The molecule has 2 aromatic heterocycles. The van der Waals surface area contributed by atoms with Crippen LogP contribution >= 0.6 is 22.7 Å². The Bertz CT molecular complexity index is 1180. The van der Waals surface area contributed by atoms with Crippen molar-refractivity contribution in [3.63, 3.8) is 0 Å². The number of ether oxygens (including phenoxy) is 2. The van der Waals surface area contributed by atoms with Crippen LogP contribution in [0.2, 0.25) is 0 Å². The summed E-state index contributed by atoms with van der Waals surface area (Å²) in [5.41, 5.74) is 2.93. The molecular weight excluding hydrogens is 395 g/mol. The Morgan fingerprint density at radius 2 is 1.86 bits per heavy atom. The minimum Gasteiger partial charge on any atom is -0.454 e. The lowest BCUT2D eigenvalue weighted by Gasteiger charge is -2.09. The summed E-state index contributed by atoms with van der Waals surface area (Å²) in [6.45, 7) is 0.906. The lowest BCUT2D eigenvalue weighted by molar-refractivity contribution is 0.174. The predicted molar refractivity (Wildman–Crippen MR) is 109 cm³/mol. The predicted octanol–water partition coefficient (Wildman–Crippen LogP) is 5.43. The number of nitrogens with zero attached hydrogens (tertiary/aromatic N) is 2. The minimum absolute atomic E-state index is 0.260. The highest BCUT2D eigenvalue weighted by Crippen LogP contribution is 2.33. The van der Waals surface area contributed by atoms with E-state index >= 15 is 0 Å². The van der Waals surface area contributed by atoms with Crippen LogP contribution in [0.1, 0.15) is 5.56 Å². The molecule has 0 spiro atoms. The fourth-order valence-corrected chi connectivity index (χ4v) is 4.79. The van der Waals surface area contributed by atoms with Crippen LogP contribution in [0.3, 0.4) is 0 Å². The molecule has 0 saturated carbocycles. The molecule has 4 nitrogen and oxygen atoms in total.